The molecule has 0 spiro atoms. The molecular formula is C22H17N3O4. The SMILES string of the molecule is Cc1ccc(-c2nc3ccccc3o2)cc1NC(=O)c1ccc(C)c([N+](=O)[O-])c1. The molecule has 1 N–H and O–H groups in total. The number of para-hydroxylation sites is 2. The summed E-state index contributed by atoms with van der Waals surface area (Å²) in [6.07, 6.45) is 0. The molecule has 0 radical (unpaired) electrons. The van der Waals surface area contributed by atoms with Gasteiger partial charge in [0.25, 0.3) is 11.6 Å². The van der Waals surface area contributed by atoms with E-state index in [-0.39, 0.29) is 11.3 Å². The van der Waals surface area contributed by atoms with Crippen LogP contribution in [-0.2, 0) is 0 Å². The smallest absolute Gasteiger partial charge is 0.273 e. The first-order valence-corrected chi connectivity index (χ1v) is 8.95. The summed E-state index contributed by atoms with van der Waals surface area (Å²) in [5, 5.41) is 14.0. The van der Waals surface area contributed by atoms with Crippen LogP contribution in [0.5, 0.6) is 0 Å². The zero-order chi connectivity index (χ0) is 20.5. The number of carbonyl (C=O) groups is 1. The van der Waals surface area contributed by atoms with E-state index < -0.39 is 10.8 Å². The highest BCUT2D eigenvalue weighted by Crippen LogP contribution is 2.28. The number of aromatic nitrogens is 1. The first-order valence-electron chi connectivity index (χ1n) is 8.95. The number of oxazole rings is 1. The number of hydrogen-bond acceptors (Lipinski definition) is 5. The summed E-state index contributed by atoms with van der Waals surface area (Å²) in [4.78, 5) is 27.8. The average molecular weight is 387 g/mol. The summed E-state index contributed by atoms with van der Waals surface area (Å²) in [6, 6.07) is 17.4. The molecule has 0 aliphatic carbocycles. The van der Waals surface area contributed by atoms with Crippen LogP contribution in [0.3, 0.4) is 0 Å². The maximum absolute atomic E-state index is 12.7. The lowest BCUT2D eigenvalue weighted by molar-refractivity contribution is -0.385. The quantitative estimate of drug-likeness (QED) is 0.380. The van der Waals surface area contributed by atoms with Crippen LogP contribution in [-0.4, -0.2) is 15.8 Å². The fourth-order valence-corrected chi connectivity index (χ4v) is 3.03. The van der Waals surface area contributed by atoms with Crippen molar-refractivity contribution in [2.75, 3.05) is 5.32 Å². The van der Waals surface area contributed by atoms with E-state index in [9.17, 15) is 14.9 Å². The van der Waals surface area contributed by atoms with Crippen LogP contribution in [0.1, 0.15) is 21.5 Å². The Morgan fingerprint density at radius 1 is 1.03 bits per heavy atom. The van der Waals surface area contributed by atoms with Gasteiger partial charge in [-0.15, -0.1) is 0 Å². The molecule has 144 valence electrons. The molecule has 0 atom stereocenters. The molecule has 1 heterocycles. The number of rotatable bonds is 4. The van der Waals surface area contributed by atoms with E-state index in [4.69, 9.17) is 4.42 Å². The summed E-state index contributed by atoms with van der Waals surface area (Å²) in [6.45, 7) is 3.50. The van der Waals surface area contributed by atoms with Gasteiger partial charge in [-0.25, -0.2) is 4.98 Å². The molecule has 0 aliphatic heterocycles. The van der Waals surface area contributed by atoms with Crippen molar-refractivity contribution in [3.8, 4) is 11.5 Å². The minimum absolute atomic E-state index is 0.0883. The van der Waals surface area contributed by atoms with E-state index in [0.717, 1.165) is 16.6 Å². The van der Waals surface area contributed by atoms with Crippen molar-refractivity contribution in [1.82, 2.24) is 4.98 Å². The lowest BCUT2D eigenvalue weighted by Crippen LogP contribution is -2.13. The standard InChI is InChI=1S/C22H17N3O4/c1-13-7-10-16(22-24-17-5-3-4-6-20(17)29-22)11-18(13)23-21(26)15-9-8-14(2)19(12-15)25(27)28/h3-12H,1-2H3,(H,23,26). The van der Waals surface area contributed by atoms with Gasteiger partial charge >= 0.3 is 0 Å². The van der Waals surface area contributed by atoms with Gasteiger partial charge in [-0.2, -0.15) is 0 Å². The van der Waals surface area contributed by atoms with Gasteiger partial charge in [-0.05, 0) is 49.7 Å². The molecule has 1 aromatic heterocycles. The highest BCUT2D eigenvalue weighted by molar-refractivity contribution is 6.05. The minimum atomic E-state index is -0.495. The van der Waals surface area contributed by atoms with Crippen molar-refractivity contribution in [2.24, 2.45) is 0 Å². The van der Waals surface area contributed by atoms with Crippen molar-refractivity contribution in [2.45, 2.75) is 13.8 Å². The summed E-state index contributed by atoms with van der Waals surface area (Å²) in [5.74, 6) is 0.0265. The van der Waals surface area contributed by atoms with Gasteiger partial charge in [0.2, 0.25) is 5.89 Å². The second-order valence-corrected chi connectivity index (χ2v) is 6.73. The van der Waals surface area contributed by atoms with Crippen molar-refractivity contribution in [3.05, 3.63) is 87.5 Å². The molecule has 4 aromatic rings. The number of amides is 1. The minimum Gasteiger partial charge on any atom is -0.436 e. The maximum Gasteiger partial charge on any atom is 0.273 e. The number of nitro groups is 1. The monoisotopic (exact) mass is 387 g/mol. The topological polar surface area (TPSA) is 98.3 Å². The van der Waals surface area contributed by atoms with Crippen LogP contribution in [0.2, 0.25) is 0 Å². The van der Waals surface area contributed by atoms with Crippen molar-refractivity contribution in [3.63, 3.8) is 0 Å². The second kappa shape index (κ2) is 7.20. The Morgan fingerprint density at radius 3 is 2.55 bits per heavy atom. The van der Waals surface area contributed by atoms with E-state index in [1.165, 1.54) is 6.07 Å². The Kier molecular flexibility index (Phi) is 4.56. The van der Waals surface area contributed by atoms with E-state index in [0.29, 0.717) is 22.7 Å². The number of nitro benzene ring substituents is 1. The number of carbonyl (C=O) groups excluding carboxylic acids is 1. The molecule has 0 saturated carbocycles. The first kappa shape index (κ1) is 18.4. The molecule has 7 nitrogen and oxygen atoms in total. The number of hydrogen-bond donors (Lipinski definition) is 1. The third kappa shape index (κ3) is 3.58. The third-order valence-corrected chi connectivity index (χ3v) is 4.69. The van der Waals surface area contributed by atoms with Crippen LogP contribution in [0.4, 0.5) is 11.4 Å². The Morgan fingerprint density at radius 2 is 1.79 bits per heavy atom. The first-order chi connectivity index (χ1) is 13.9. The molecule has 0 aliphatic rings. The molecule has 29 heavy (non-hydrogen) atoms. The Hall–Kier alpha value is -4.00. The Balaban J connectivity index is 1.65. The van der Waals surface area contributed by atoms with E-state index in [1.807, 2.05) is 43.3 Å². The van der Waals surface area contributed by atoms with Gasteiger partial charge in [-0.3, -0.25) is 14.9 Å². The molecule has 0 unspecified atom stereocenters. The van der Waals surface area contributed by atoms with Crippen LogP contribution < -0.4 is 5.32 Å². The van der Waals surface area contributed by atoms with E-state index in [1.54, 1.807) is 25.1 Å². The van der Waals surface area contributed by atoms with Crippen LogP contribution in [0.15, 0.2) is 65.1 Å². The van der Waals surface area contributed by atoms with E-state index >= 15 is 0 Å². The molecule has 7 heteroatoms. The predicted octanol–water partition coefficient (Wildman–Crippen LogP) is 5.27. The van der Waals surface area contributed by atoms with Gasteiger partial charge in [0.05, 0.1) is 4.92 Å². The molecule has 4 rings (SSSR count). The van der Waals surface area contributed by atoms with Crippen LogP contribution >= 0.6 is 0 Å². The largest absolute Gasteiger partial charge is 0.436 e. The van der Waals surface area contributed by atoms with Gasteiger partial charge in [-0.1, -0.05) is 24.3 Å². The lowest BCUT2D eigenvalue weighted by Gasteiger charge is -2.10. The maximum atomic E-state index is 12.7. The second-order valence-electron chi connectivity index (χ2n) is 6.73. The zero-order valence-corrected chi connectivity index (χ0v) is 15.8. The summed E-state index contributed by atoms with van der Waals surface area (Å²) >= 11 is 0. The van der Waals surface area contributed by atoms with Gasteiger partial charge in [0.15, 0.2) is 5.58 Å². The number of benzene rings is 3. The molecule has 3 aromatic carbocycles. The Bertz CT molecular complexity index is 1230. The van der Waals surface area contributed by atoms with Crippen molar-refractivity contribution < 1.29 is 14.1 Å². The average Bonchev–Trinajstić information content (AvgIpc) is 3.14. The van der Waals surface area contributed by atoms with Gasteiger partial charge in [0, 0.05) is 28.4 Å². The normalized spacial score (nSPS) is 10.8. The summed E-state index contributed by atoms with van der Waals surface area (Å²) < 4.78 is 5.80. The molecular weight excluding hydrogens is 370 g/mol. The molecule has 0 saturated heterocycles. The molecule has 0 bridgehead atoms. The summed E-state index contributed by atoms with van der Waals surface area (Å²) in [5.41, 5.74) is 4.21. The fourth-order valence-electron chi connectivity index (χ4n) is 3.03. The van der Waals surface area contributed by atoms with Crippen LogP contribution in [0.25, 0.3) is 22.6 Å². The number of fused-ring (bicyclic) bond motifs is 1. The number of aryl methyl sites for hydroxylation is 2. The van der Waals surface area contributed by atoms with Crippen molar-refractivity contribution in [1.29, 1.82) is 0 Å². The Labute approximate surface area is 166 Å². The fraction of sp³-hybridized carbons (Fsp3) is 0.0909. The van der Waals surface area contributed by atoms with Crippen LogP contribution in [0, 0.1) is 24.0 Å². The molecule has 1 amide bonds. The van der Waals surface area contributed by atoms with Crippen molar-refractivity contribution >= 4 is 28.4 Å². The number of anilines is 1. The van der Waals surface area contributed by atoms with Gasteiger partial charge in [0.1, 0.15) is 5.52 Å². The highest BCUT2D eigenvalue weighted by atomic mass is 16.6. The lowest BCUT2D eigenvalue weighted by atomic mass is 10.1. The number of nitrogens with zero attached hydrogens (tertiary/aromatic N) is 2. The number of nitrogens with one attached hydrogen (secondary N) is 1. The van der Waals surface area contributed by atoms with Gasteiger partial charge < -0.3 is 9.73 Å². The third-order valence-electron chi connectivity index (χ3n) is 4.69. The zero-order valence-electron chi connectivity index (χ0n) is 15.8. The molecule has 0 fully saturated rings. The highest BCUT2D eigenvalue weighted by Gasteiger charge is 2.16. The predicted molar refractivity (Wildman–Crippen MR) is 110 cm³/mol. The van der Waals surface area contributed by atoms with E-state index in [2.05, 4.69) is 10.3 Å². The summed E-state index contributed by atoms with van der Waals surface area (Å²) in [7, 11) is 0.